The number of benzene rings is 1. The number of carbonyl (C=O) groups excluding carboxylic acids is 1. The van der Waals surface area contributed by atoms with Crippen LogP contribution in [0.1, 0.15) is 53.5 Å². The van der Waals surface area contributed by atoms with Crippen LogP contribution in [0, 0.1) is 20.8 Å². The Labute approximate surface area is 200 Å². The van der Waals surface area contributed by atoms with Crippen LogP contribution in [0.4, 0.5) is 5.82 Å². The van der Waals surface area contributed by atoms with Gasteiger partial charge < -0.3 is 10.1 Å². The number of ether oxygens (including phenoxy) is 1. The predicted octanol–water partition coefficient (Wildman–Crippen LogP) is 4.65. The second kappa shape index (κ2) is 9.42. The molecule has 0 aliphatic heterocycles. The van der Waals surface area contributed by atoms with Crippen molar-refractivity contribution in [1.29, 1.82) is 0 Å². The van der Waals surface area contributed by atoms with Crippen molar-refractivity contribution in [2.75, 3.05) is 12.4 Å². The number of pyridine rings is 2. The van der Waals surface area contributed by atoms with Crippen LogP contribution in [0.5, 0.6) is 11.6 Å². The lowest BCUT2D eigenvalue weighted by Crippen LogP contribution is -2.32. The van der Waals surface area contributed by atoms with Crippen molar-refractivity contribution < 1.29 is 17.9 Å². The van der Waals surface area contributed by atoms with Gasteiger partial charge >= 0.3 is 0 Å². The molecule has 0 aliphatic carbocycles. The van der Waals surface area contributed by atoms with Crippen LogP contribution in [-0.4, -0.2) is 31.3 Å². The molecular formula is C25H30N4O4S. The van der Waals surface area contributed by atoms with Gasteiger partial charge in [0.05, 0.1) is 0 Å². The summed E-state index contributed by atoms with van der Waals surface area (Å²) < 4.78 is 33.9. The lowest BCUT2D eigenvalue weighted by Gasteiger charge is -2.21. The molecule has 0 atom stereocenters. The number of nitrogens with one attached hydrogen (secondary N) is 2. The fraction of sp³-hybridized carbons (Fsp3) is 0.320. The average Bonchev–Trinajstić information content (AvgIpc) is 2.75. The Morgan fingerprint density at radius 3 is 2.21 bits per heavy atom. The molecule has 2 N–H and O–H groups in total. The van der Waals surface area contributed by atoms with E-state index in [2.05, 4.69) is 20.0 Å². The number of nitrogens with zero attached hydrogens (tertiary/aromatic N) is 2. The number of anilines is 1. The van der Waals surface area contributed by atoms with E-state index >= 15 is 0 Å². The summed E-state index contributed by atoms with van der Waals surface area (Å²) in [6.07, 6.45) is 0. The Hall–Kier alpha value is -3.46. The zero-order valence-electron chi connectivity index (χ0n) is 20.5. The summed E-state index contributed by atoms with van der Waals surface area (Å²) in [5, 5.41) is 2.50. The van der Waals surface area contributed by atoms with Crippen molar-refractivity contribution >= 4 is 21.7 Å². The van der Waals surface area contributed by atoms with E-state index in [4.69, 9.17) is 4.74 Å². The minimum absolute atomic E-state index is 0.000668. The predicted molar refractivity (Wildman–Crippen MR) is 132 cm³/mol. The third kappa shape index (κ3) is 5.53. The summed E-state index contributed by atoms with van der Waals surface area (Å²) in [6.45, 7) is 11.8. The molecule has 0 spiro atoms. The molecule has 1 aromatic carbocycles. The monoisotopic (exact) mass is 482 g/mol. The van der Waals surface area contributed by atoms with Crippen LogP contribution in [-0.2, 0) is 15.4 Å². The van der Waals surface area contributed by atoms with Gasteiger partial charge in [-0.1, -0.05) is 44.5 Å². The second-order valence-corrected chi connectivity index (χ2v) is 10.8. The number of aromatic nitrogens is 2. The highest BCUT2D eigenvalue weighted by molar-refractivity contribution is 7.90. The van der Waals surface area contributed by atoms with Gasteiger partial charge in [0, 0.05) is 18.2 Å². The third-order valence-corrected chi connectivity index (χ3v) is 6.39. The van der Waals surface area contributed by atoms with Gasteiger partial charge in [-0.2, -0.15) is 8.42 Å². The van der Waals surface area contributed by atoms with Gasteiger partial charge in [0.1, 0.15) is 17.1 Å². The summed E-state index contributed by atoms with van der Waals surface area (Å²) in [5.41, 5.74) is 3.24. The minimum Gasteiger partial charge on any atom is -0.438 e. The highest BCUT2D eigenvalue weighted by atomic mass is 32.2. The molecule has 0 saturated heterocycles. The maximum absolute atomic E-state index is 13.1. The van der Waals surface area contributed by atoms with Gasteiger partial charge in [-0.3, -0.25) is 4.79 Å². The van der Waals surface area contributed by atoms with Crippen LogP contribution in [0.25, 0.3) is 0 Å². The first kappa shape index (κ1) is 25.2. The van der Waals surface area contributed by atoms with Crippen LogP contribution in [0.2, 0.25) is 0 Å². The van der Waals surface area contributed by atoms with E-state index in [0.29, 0.717) is 17.3 Å². The lowest BCUT2D eigenvalue weighted by molar-refractivity contribution is 0.0978. The largest absolute Gasteiger partial charge is 0.438 e. The maximum Gasteiger partial charge on any atom is 0.281 e. The normalized spacial score (nSPS) is 11.7. The molecule has 2 heterocycles. The summed E-state index contributed by atoms with van der Waals surface area (Å²) in [6, 6.07) is 11.6. The summed E-state index contributed by atoms with van der Waals surface area (Å²) in [4.78, 5) is 21.7. The molecule has 34 heavy (non-hydrogen) atoms. The zero-order chi connectivity index (χ0) is 25.3. The average molecular weight is 483 g/mol. The first-order valence-corrected chi connectivity index (χ1v) is 12.3. The third-order valence-electron chi connectivity index (χ3n) is 5.16. The van der Waals surface area contributed by atoms with Crippen molar-refractivity contribution in [3.8, 4) is 11.6 Å². The van der Waals surface area contributed by atoms with E-state index in [9.17, 15) is 13.2 Å². The van der Waals surface area contributed by atoms with Crippen molar-refractivity contribution in [3.05, 3.63) is 70.4 Å². The molecule has 3 rings (SSSR count). The highest BCUT2D eigenvalue weighted by Crippen LogP contribution is 2.33. The Balaban J connectivity index is 2.04. The number of carbonyl (C=O) groups is 1. The Kier molecular flexibility index (Phi) is 6.97. The fourth-order valence-electron chi connectivity index (χ4n) is 3.47. The Bertz CT molecular complexity index is 1320. The Morgan fingerprint density at radius 1 is 0.971 bits per heavy atom. The molecule has 3 aromatic rings. The van der Waals surface area contributed by atoms with Gasteiger partial charge in [-0.25, -0.2) is 14.7 Å². The molecule has 0 radical (unpaired) electrons. The topological polar surface area (TPSA) is 110 Å². The number of hydrogen-bond acceptors (Lipinski definition) is 7. The molecule has 0 fully saturated rings. The van der Waals surface area contributed by atoms with Gasteiger partial charge in [0.2, 0.25) is 5.88 Å². The molecule has 0 unspecified atom stereocenters. The van der Waals surface area contributed by atoms with Crippen LogP contribution in [0.3, 0.4) is 0 Å². The molecule has 9 heteroatoms. The molecule has 0 aliphatic rings. The smallest absolute Gasteiger partial charge is 0.281 e. The quantitative estimate of drug-likeness (QED) is 0.526. The molecule has 1 amide bonds. The fourth-order valence-corrected chi connectivity index (χ4v) is 4.40. The second-order valence-electron chi connectivity index (χ2n) is 9.17. The van der Waals surface area contributed by atoms with E-state index in [1.807, 2.05) is 53.7 Å². The van der Waals surface area contributed by atoms with E-state index in [1.54, 1.807) is 19.2 Å². The molecule has 180 valence electrons. The highest BCUT2D eigenvalue weighted by Gasteiger charge is 2.26. The number of hydrogen-bond donors (Lipinski definition) is 2. The standard InChI is InChI=1S/C25H30N4O4S/c1-15-13-16(2)22(17(3)14-15)33-24-18(11-12-19(27-24)25(4,5)6)23(30)29-34(31,32)21-10-8-9-20(26-7)28-21/h8-14H,1-7H3,(H,26,28)(H,29,30). The Morgan fingerprint density at radius 2 is 1.62 bits per heavy atom. The zero-order valence-corrected chi connectivity index (χ0v) is 21.3. The minimum atomic E-state index is -4.22. The summed E-state index contributed by atoms with van der Waals surface area (Å²) in [5.74, 6) is 0.111. The number of rotatable bonds is 6. The number of amides is 1. The van der Waals surface area contributed by atoms with E-state index in [0.717, 1.165) is 16.7 Å². The van der Waals surface area contributed by atoms with Crippen molar-refractivity contribution in [2.24, 2.45) is 0 Å². The first-order chi connectivity index (χ1) is 15.8. The molecule has 2 aromatic heterocycles. The van der Waals surface area contributed by atoms with E-state index in [-0.39, 0.29) is 21.9 Å². The van der Waals surface area contributed by atoms with Gasteiger partial charge in [0.15, 0.2) is 5.03 Å². The van der Waals surface area contributed by atoms with Crippen LogP contribution >= 0.6 is 0 Å². The van der Waals surface area contributed by atoms with Gasteiger partial charge in [-0.15, -0.1) is 0 Å². The van der Waals surface area contributed by atoms with Crippen LogP contribution in [0.15, 0.2) is 47.5 Å². The number of sulfonamides is 1. The van der Waals surface area contributed by atoms with Crippen LogP contribution < -0.4 is 14.8 Å². The molecule has 0 saturated carbocycles. The van der Waals surface area contributed by atoms with Crippen molar-refractivity contribution in [3.63, 3.8) is 0 Å². The van der Waals surface area contributed by atoms with Crippen molar-refractivity contribution in [2.45, 2.75) is 52.0 Å². The molecule has 8 nitrogen and oxygen atoms in total. The number of aryl methyl sites for hydroxylation is 3. The van der Waals surface area contributed by atoms with E-state index in [1.165, 1.54) is 18.2 Å². The van der Waals surface area contributed by atoms with Gasteiger partial charge in [-0.05, 0) is 56.2 Å². The SMILES string of the molecule is CNc1cccc(S(=O)(=O)NC(=O)c2ccc(C(C)(C)C)nc2Oc2c(C)cc(C)cc2C)n1. The van der Waals surface area contributed by atoms with Gasteiger partial charge in [0.25, 0.3) is 15.9 Å². The lowest BCUT2D eigenvalue weighted by atomic mass is 9.91. The first-order valence-electron chi connectivity index (χ1n) is 10.8. The molecule has 0 bridgehead atoms. The van der Waals surface area contributed by atoms with Crippen molar-refractivity contribution in [1.82, 2.24) is 14.7 Å². The maximum atomic E-state index is 13.1. The summed E-state index contributed by atoms with van der Waals surface area (Å²) >= 11 is 0. The van der Waals surface area contributed by atoms with E-state index < -0.39 is 15.9 Å². The summed E-state index contributed by atoms with van der Waals surface area (Å²) in [7, 11) is -2.60. The molecular weight excluding hydrogens is 452 g/mol.